The first-order chi connectivity index (χ1) is 11.7. The molecule has 0 aromatic carbocycles. The maximum absolute atomic E-state index is 12.4. The van der Waals surface area contributed by atoms with Crippen LogP contribution in [0, 0.1) is 0 Å². The third-order valence-electron chi connectivity index (χ3n) is 5.78. The van der Waals surface area contributed by atoms with Gasteiger partial charge < -0.3 is 9.88 Å². The van der Waals surface area contributed by atoms with Gasteiger partial charge in [-0.15, -0.1) is 0 Å². The van der Waals surface area contributed by atoms with Crippen LogP contribution in [0.3, 0.4) is 0 Å². The van der Waals surface area contributed by atoms with Crippen LogP contribution in [-0.2, 0) is 19.9 Å². The molecule has 1 fully saturated rings. The number of pyridine rings is 1. The first-order valence-electron chi connectivity index (χ1n) is 9.52. The third-order valence-corrected chi connectivity index (χ3v) is 5.78. The molecule has 0 amide bonds. The number of aromatic nitrogens is 3. The van der Waals surface area contributed by atoms with E-state index in [1.165, 1.54) is 55.4 Å². The van der Waals surface area contributed by atoms with Gasteiger partial charge in [0.25, 0.3) is 5.56 Å². The van der Waals surface area contributed by atoms with Crippen LogP contribution >= 0.6 is 0 Å². The molecule has 0 radical (unpaired) electrons. The quantitative estimate of drug-likeness (QED) is 0.942. The fourth-order valence-corrected chi connectivity index (χ4v) is 4.68. The maximum atomic E-state index is 12.4. The van der Waals surface area contributed by atoms with Crippen molar-refractivity contribution < 1.29 is 0 Å². The molecule has 2 aromatic heterocycles. The molecule has 5 nitrogen and oxygen atoms in total. The smallest absolute Gasteiger partial charge is 0.253 e. The first kappa shape index (κ1) is 15.9. The highest BCUT2D eigenvalue weighted by molar-refractivity contribution is 5.84. The van der Waals surface area contributed by atoms with Crippen molar-refractivity contribution >= 4 is 11.0 Å². The lowest BCUT2D eigenvalue weighted by atomic mass is 9.86. The Morgan fingerprint density at radius 3 is 2.79 bits per heavy atom. The highest BCUT2D eigenvalue weighted by atomic mass is 16.1. The van der Waals surface area contributed by atoms with Crippen LogP contribution < -0.4 is 5.56 Å². The number of hydrogen-bond acceptors (Lipinski definition) is 3. The average molecular weight is 328 g/mol. The Labute approximate surface area is 143 Å². The van der Waals surface area contributed by atoms with E-state index in [2.05, 4.69) is 16.8 Å². The van der Waals surface area contributed by atoms with Crippen LogP contribution in [0.15, 0.2) is 4.79 Å². The second-order valence-corrected chi connectivity index (χ2v) is 7.49. The molecule has 1 atom stereocenters. The van der Waals surface area contributed by atoms with Gasteiger partial charge in [0.1, 0.15) is 5.65 Å². The molecule has 130 valence electrons. The van der Waals surface area contributed by atoms with Gasteiger partial charge in [-0.3, -0.25) is 9.48 Å². The lowest BCUT2D eigenvalue weighted by Gasteiger charge is -2.32. The summed E-state index contributed by atoms with van der Waals surface area (Å²) in [6.45, 7) is 5.75. The molecule has 0 bridgehead atoms. The Kier molecular flexibility index (Phi) is 4.21. The van der Waals surface area contributed by atoms with E-state index in [1.54, 1.807) is 0 Å². The Morgan fingerprint density at radius 2 is 2.00 bits per heavy atom. The number of nitrogens with zero attached hydrogens (tertiary/aromatic N) is 3. The minimum Gasteiger partial charge on any atom is -0.307 e. The molecule has 2 aliphatic rings. The molecule has 1 unspecified atom stereocenters. The van der Waals surface area contributed by atoms with Crippen LogP contribution in [0.1, 0.15) is 61.8 Å². The van der Waals surface area contributed by atoms with E-state index in [4.69, 9.17) is 5.10 Å². The Morgan fingerprint density at radius 1 is 1.21 bits per heavy atom. The summed E-state index contributed by atoms with van der Waals surface area (Å²) in [5.74, 6) is 0.492. The van der Waals surface area contributed by atoms with E-state index >= 15 is 0 Å². The molecular weight excluding hydrogens is 300 g/mol. The summed E-state index contributed by atoms with van der Waals surface area (Å²) in [4.78, 5) is 18.1. The standard InChI is InChI=1S/C19H28N4O/c1-3-10-23-11-6-7-13(12-23)17-16-14-8-4-5-9-15(14)19(24)20-18(16)22(2)21-17/h13H,3-12H2,1-2H3,(H,20,24). The number of hydrogen-bond donors (Lipinski definition) is 1. The van der Waals surface area contributed by atoms with Crippen LogP contribution in [0.4, 0.5) is 0 Å². The molecule has 24 heavy (non-hydrogen) atoms. The number of piperidine rings is 1. The predicted molar refractivity (Wildman–Crippen MR) is 96.7 cm³/mol. The van der Waals surface area contributed by atoms with Crippen molar-refractivity contribution in [1.29, 1.82) is 0 Å². The summed E-state index contributed by atoms with van der Waals surface area (Å²) in [5, 5.41) is 6.14. The normalized spacial score (nSPS) is 22.0. The minimum absolute atomic E-state index is 0.100. The van der Waals surface area contributed by atoms with Crippen molar-refractivity contribution in [2.45, 2.75) is 57.8 Å². The molecule has 1 saturated heterocycles. The fourth-order valence-electron chi connectivity index (χ4n) is 4.68. The zero-order chi connectivity index (χ0) is 16.7. The van der Waals surface area contributed by atoms with Crippen LogP contribution in [-0.4, -0.2) is 39.3 Å². The number of H-pyrrole nitrogens is 1. The predicted octanol–water partition coefficient (Wildman–Crippen LogP) is 2.73. The topological polar surface area (TPSA) is 53.9 Å². The highest BCUT2D eigenvalue weighted by Crippen LogP contribution is 2.35. The average Bonchev–Trinajstić information content (AvgIpc) is 2.93. The second-order valence-electron chi connectivity index (χ2n) is 7.49. The number of aryl methyl sites for hydroxylation is 2. The number of likely N-dealkylation sites (tertiary alicyclic amines) is 1. The van der Waals surface area contributed by atoms with Crippen molar-refractivity contribution in [1.82, 2.24) is 19.7 Å². The lowest BCUT2D eigenvalue weighted by Crippen LogP contribution is -2.35. The van der Waals surface area contributed by atoms with E-state index in [0.717, 1.165) is 37.0 Å². The van der Waals surface area contributed by atoms with Crippen LogP contribution in [0.2, 0.25) is 0 Å². The summed E-state index contributed by atoms with van der Waals surface area (Å²) >= 11 is 0. The molecule has 0 spiro atoms. The van der Waals surface area contributed by atoms with Gasteiger partial charge in [-0.25, -0.2) is 0 Å². The van der Waals surface area contributed by atoms with Gasteiger partial charge in [-0.2, -0.15) is 5.10 Å². The molecule has 1 aliphatic heterocycles. The van der Waals surface area contributed by atoms with Crippen LogP contribution in [0.25, 0.3) is 11.0 Å². The number of rotatable bonds is 3. The highest BCUT2D eigenvalue weighted by Gasteiger charge is 2.28. The van der Waals surface area contributed by atoms with E-state index in [9.17, 15) is 4.79 Å². The van der Waals surface area contributed by atoms with E-state index in [1.807, 2.05) is 11.7 Å². The van der Waals surface area contributed by atoms with E-state index < -0.39 is 0 Å². The number of nitrogens with one attached hydrogen (secondary N) is 1. The van der Waals surface area contributed by atoms with E-state index in [-0.39, 0.29) is 5.56 Å². The molecule has 1 N–H and O–H groups in total. The summed E-state index contributed by atoms with van der Waals surface area (Å²) in [6.07, 6.45) is 7.92. The fraction of sp³-hybridized carbons (Fsp3) is 0.684. The molecule has 3 heterocycles. The third kappa shape index (κ3) is 2.59. The van der Waals surface area contributed by atoms with Gasteiger partial charge in [-0.05, 0) is 63.6 Å². The van der Waals surface area contributed by atoms with Gasteiger partial charge in [-0.1, -0.05) is 6.92 Å². The zero-order valence-electron chi connectivity index (χ0n) is 14.9. The van der Waals surface area contributed by atoms with Gasteiger partial charge in [0.15, 0.2) is 0 Å². The van der Waals surface area contributed by atoms with Gasteiger partial charge in [0.2, 0.25) is 0 Å². The largest absolute Gasteiger partial charge is 0.307 e. The summed E-state index contributed by atoms with van der Waals surface area (Å²) in [7, 11) is 1.96. The van der Waals surface area contributed by atoms with Crippen molar-refractivity contribution in [3.63, 3.8) is 0 Å². The van der Waals surface area contributed by atoms with Crippen molar-refractivity contribution in [2.75, 3.05) is 19.6 Å². The van der Waals surface area contributed by atoms with Crippen molar-refractivity contribution in [2.24, 2.45) is 7.05 Å². The van der Waals surface area contributed by atoms with Crippen molar-refractivity contribution in [3.05, 3.63) is 27.2 Å². The van der Waals surface area contributed by atoms with Crippen molar-refractivity contribution in [3.8, 4) is 0 Å². The SMILES string of the molecule is CCCN1CCCC(c2nn(C)c3[nH]c(=O)c4c(c23)CCCC4)C1. The Bertz CT molecular complexity index is 802. The Hall–Kier alpha value is -1.62. The zero-order valence-corrected chi connectivity index (χ0v) is 14.9. The van der Waals surface area contributed by atoms with Gasteiger partial charge >= 0.3 is 0 Å². The summed E-state index contributed by atoms with van der Waals surface area (Å²) in [6, 6.07) is 0. The van der Waals surface area contributed by atoms with Gasteiger partial charge in [0, 0.05) is 30.5 Å². The van der Waals surface area contributed by atoms with E-state index in [0.29, 0.717) is 5.92 Å². The lowest BCUT2D eigenvalue weighted by molar-refractivity contribution is 0.207. The van der Waals surface area contributed by atoms with Crippen LogP contribution in [0.5, 0.6) is 0 Å². The minimum atomic E-state index is 0.100. The maximum Gasteiger partial charge on any atom is 0.253 e. The Balaban J connectivity index is 1.82. The second kappa shape index (κ2) is 6.36. The number of aromatic amines is 1. The monoisotopic (exact) mass is 328 g/mol. The molecule has 2 aromatic rings. The van der Waals surface area contributed by atoms with Gasteiger partial charge in [0.05, 0.1) is 5.69 Å². The number of fused-ring (bicyclic) bond motifs is 3. The first-order valence-corrected chi connectivity index (χ1v) is 9.52. The molecular formula is C19H28N4O. The molecule has 5 heteroatoms. The molecule has 4 rings (SSSR count). The summed E-state index contributed by atoms with van der Waals surface area (Å²) < 4.78 is 1.89. The molecule has 1 aliphatic carbocycles. The summed E-state index contributed by atoms with van der Waals surface area (Å²) in [5.41, 5.74) is 4.55. The molecule has 0 saturated carbocycles.